The normalized spacial score (nSPS) is 19.3. The van der Waals surface area contributed by atoms with Crippen LogP contribution in [0.25, 0.3) is 0 Å². The number of carbonyl (C=O) groups excluding carboxylic acids is 2. The average molecular weight is 273 g/mol. The first kappa shape index (κ1) is 15.9. The third kappa shape index (κ3) is 6.00. The molecule has 0 spiro atoms. The van der Waals surface area contributed by atoms with Crippen LogP contribution in [0.15, 0.2) is 0 Å². The number of piperazine rings is 1. The molecule has 0 bridgehead atoms. The number of carbonyl (C=O) groups is 2. The molecule has 1 saturated heterocycles. The lowest BCUT2D eigenvalue weighted by molar-refractivity contribution is -0.149. The van der Waals surface area contributed by atoms with Crippen LogP contribution in [-0.2, 0) is 19.1 Å². The second-order valence-corrected chi connectivity index (χ2v) is 4.46. The van der Waals surface area contributed by atoms with Gasteiger partial charge >= 0.3 is 5.97 Å². The van der Waals surface area contributed by atoms with E-state index in [0.717, 1.165) is 6.54 Å². The molecule has 2 N–H and O–H groups in total. The van der Waals surface area contributed by atoms with Crippen LogP contribution in [0.2, 0.25) is 0 Å². The van der Waals surface area contributed by atoms with Crippen LogP contribution in [-0.4, -0.2) is 76.4 Å². The maximum atomic E-state index is 11.9. The molecule has 7 heteroatoms. The van der Waals surface area contributed by atoms with Crippen LogP contribution in [0, 0.1) is 0 Å². The van der Waals surface area contributed by atoms with Gasteiger partial charge in [0.05, 0.1) is 6.04 Å². The van der Waals surface area contributed by atoms with Crippen molar-refractivity contribution in [1.82, 2.24) is 15.5 Å². The summed E-state index contributed by atoms with van der Waals surface area (Å²) in [5.41, 5.74) is 0. The third-order valence-electron chi connectivity index (χ3n) is 2.90. The van der Waals surface area contributed by atoms with Crippen molar-refractivity contribution >= 4 is 11.9 Å². The maximum absolute atomic E-state index is 11.9. The topological polar surface area (TPSA) is 79.9 Å². The molecule has 7 nitrogen and oxygen atoms in total. The minimum Gasteiger partial charge on any atom is -0.462 e. The van der Waals surface area contributed by atoms with E-state index in [-0.39, 0.29) is 31.1 Å². The minimum absolute atomic E-state index is 0.00640. The van der Waals surface area contributed by atoms with Crippen molar-refractivity contribution < 1.29 is 19.1 Å². The molecule has 1 heterocycles. The number of rotatable bonds is 7. The highest BCUT2D eigenvalue weighted by Gasteiger charge is 2.23. The van der Waals surface area contributed by atoms with Gasteiger partial charge in [0.1, 0.15) is 13.2 Å². The lowest BCUT2D eigenvalue weighted by atomic mass is 10.2. The predicted octanol–water partition coefficient (Wildman–Crippen LogP) is -1.41. The number of esters is 1. The fourth-order valence-electron chi connectivity index (χ4n) is 1.91. The van der Waals surface area contributed by atoms with Crippen LogP contribution < -0.4 is 10.6 Å². The summed E-state index contributed by atoms with van der Waals surface area (Å²) in [5, 5.41) is 6.19. The van der Waals surface area contributed by atoms with Crippen LogP contribution in [0.1, 0.15) is 6.42 Å². The van der Waals surface area contributed by atoms with Crippen molar-refractivity contribution in [3.8, 4) is 0 Å². The summed E-state index contributed by atoms with van der Waals surface area (Å²) in [5.74, 6) is -0.257. The van der Waals surface area contributed by atoms with Crippen molar-refractivity contribution in [3.63, 3.8) is 0 Å². The van der Waals surface area contributed by atoms with Crippen molar-refractivity contribution in [2.75, 3.05) is 53.6 Å². The van der Waals surface area contributed by atoms with Gasteiger partial charge in [0.25, 0.3) is 0 Å². The minimum atomic E-state index is -0.386. The van der Waals surface area contributed by atoms with Crippen molar-refractivity contribution in [2.45, 2.75) is 12.5 Å². The molecule has 19 heavy (non-hydrogen) atoms. The van der Waals surface area contributed by atoms with E-state index in [9.17, 15) is 9.59 Å². The van der Waals surface area contributed by atoms with Gasteiger partial charge in [-0.15, -0.1) is 0 Å². The average Bonchev–Trinajstić information content (AvgIpc) is 2.43. The van der Waals surface area contributed by atoms with Crippen molar-refractivity contribution in [2.24, 2.45) is 0 Å². The standard InChI is InChI=1S/C12H23N3O4/c1-13-4-3-11(16)15-6-5-14-10(7-15)8-19-12(17)9-18-2/h10,13-14H,3-9H2,1-2H3. The van der Waals surface area contributed by atoms with Crippen LogP contribution in [0.3, 0.4) is 0 Å². The van der Waals surface area contributed by atoms with Gasteiger partial charge in [-0.25, -0.2) is 4.79 Å². The van der Waals surface area contributed by atoms with E-state index in [4.69, 9.17) is 4.74 Å². The zero-order valence-corrected chi connectivity index (χ0v) is 11.6. The Hall–Kier alpha value is -1.18. The molecular formula is C12H23N3O4. The Bertz CT molecular complexity index is 299. The number of nitrogens with zero attached hydrogens (tertiary/aromatic N) is 1. The first-order valence-electron chi connectivity index (χ1n) is 6.47. The fraction of sp³-hybridized carbons (Fsp3) is 0.833. The highest BCUT2D eigenvalue weighted by molar-refractivity contribution is 5.76. The Kier molecular flexibility index (Phi) is 7.39. The summed E-state index contributed by atoms with van der Waals surface area (Å²) < 4.78 is 9.74. The number of ether oxygens (including phenoxy) is 2. The molecule has 1 amide bonds. The summed E-state index contributed by atoms with van der Waals surface area (Å²) in [6.07, 6.45) is 0.493. The molecule has 0 saturated carbocycles. The molecule has 110 valence electrons. The van der Waals surface area contributed by atoms with E-state index in [1.54, 1.807) is 0 Å². The predicted molar refractivity (Wildman–Crippen MR) is 69.7 cm³/mol. The number of hydrogen-bond acceptors (Lipinski definition) is 6. The van der Waals surface area contributed by atoms with E-state index in [1.165, 1.54) is 7.11 Å². The van der Waals surface area contributed by atoms with Crippen LogP contribution in [0.4, 0.5) is 0 Å². The molecule has 1 fully saturated rings. The molecule has 0 radical (unpaired) electrons. The first-order chi connectivity index (χ1) is 9.17. The van der Waals surface area contributed by atoms with E-state index in [1.807, 2.05) is 11.9 Å². The van der Waals surface area contributed by atoms with E-state index in [0.29, 0.717) is 26.1 Å². The molecule has 0 aromatic carbocycles. The summed E-state index contributed by atoms with van der Waals surface area (Å²) in [7, 11) is 3.27. The second-order valence-electron chi connectivity index (χ2n) is 4.46. The summed E-state index contributed by atoms with van der Waals surface area (Å²) in [4.78, 5) is 24.9. The Labute approximate surface area is 113 Å². The molecule has 0 aromatic heterocycles. The third-order valence-corrected chi connectivity index (χ3v) is 2.90. The van der Waals surface area contributed by atoms with Gasteiger partial charge in [0.2, 0.25) is 5.91 Å². The Balaban J connectivity index is 2.29. The molecular weight excluding hydrogens is 250 g/mol. The first-order valence-corrected chi connectivity index (χ1v) is 6.47. The Morgan fingerprint density at radius 1 is 1.47 bits per heavy atom. The van der Waals surface area contributed by atoms with Gasteiger partial charge in [-0.05, 0) is 7.05 Å². The molecule has 1 atom stereocenters. The van der Waals surface area contributed by atoms with Gasteiger partial charge in [0, 0.05) is 39.7 Å². The maximum Gasteiger partial charge on any atom is 0.332 e. The number of nitrogens with one attached hydrogen (secondary N) is 2. The Morgan fingerprint density at radius 2 is 2.26 bits per heavy atom. The van der Waals surface area contributed by atoms with E-state index >= 15 is 0 Å². The van der Waals surface area contributed by atoms with Crippen LogP contribution >= 0.6 is 0 Å². The van der Waals surface area contributed by atoms with Gasteiger partial charge in [0.15, 0.2) is 0 Å². The quantitative estimate of drug-likeness (QED) is 0.555. The van der Waals surface area contributed by atoms with Crippen molar-refractivity contribution in [3.05, 3.63) is 0 Å². The molecule has 0 aromatic rings. The second kappa shape index (κ2) is 8.84. The van der Waals surface area contributed by atoms with Gasteiger partial charge in [-0.1, -0.05) is 0 Å². The zero-order chi connectivity index (χ0) is 14.1. The zero-order valence-electron chi connectivity index (χ0n) is 11.6. The van der Waals surface area contributed by atoms with Gasteiger partial charge < -0.3 is 25.0 Å². The largest absolute Gasteiger partial charge is 0.462 e. The number of amides is 1. The Morgan fingerprint density at radius 3 is 2.95 bits per heavy atom. The lowest BCUT2D eigenvalue weighted by Crippen LogP contribution is -2.54. The van der Waals surface area contributed by atoms with Crippen molar-refractivity contribution in [1.29, 1.82) is 0 Å². The molecule has 1 unspecified atom stereocenters. The monoisotopic (exact) mass is 273 g/mol. The molecule has 1 aliphatic rings. The number of methoxy groups -OCH3 is 1. The SMILES string of the molecule is CNCCC(=O)N1CCNC(COC(=O)COC)C1. The molecule has 1 aliphatic heterocycles. The van der Waals surface area contributed by atoms with Crippen LogP contribution in [0.5, 0.6) is 0 Å². The summed E-state index contributed by atoms with van der Waals surface area (Å²) in [6.45, 7) is 2.89. The fourth-order valence-corrected chi connectivity index (χ4v) is 1.91. The van der Waals surface area contributed by atoms with E-state index < -0.39 is 0 Å². The lowest BCUT2D eigenvalue weighted by Gasteiger charge is -2.33. The number of hydrogen-bond donors (Lipinski definition) is 2. The van der Waals surface area contributed by atoms with E-state index in [2.05, 4.69) is 15.4 Å². The smallest absolute Gasteiger partial charge is 0.332 e. The molecule has 0 aliphatic carbocycles. The highest BCUT2D eigenvalue weighted by Crippen LogP contribution is 2.02. The van der Waals surface area contributed by atoms with Gasteiger partial charge in [-0.2, -0.15) is 0 Å². The summed E-state index contributed by atoms with van der Waals surface area (Å²) >= 11 is 0. The van der Waals surface area contributed by atoms with Gasteiger partial charge in [-0.3, -0.25) is 4.79 Å². The molecule has 1 rings (SSSR count). The highest BCUT2D eigenvalue weighted by atomic mass is 16.6. The summed E-state index contributed by atoms with van der Waals surface area (Å²) in [6, 6.07) is -0.00640.